The molecule has 1 aliphatic heterocycles. The van der Waals surface area contributed by atoms with Gasteiger partial charge < -0.3 is 9.16 Å². The summed E-state index contributed by atoms with van der Waals surface area (Å²) in [7, 11) is -2.56. The molecule has 1 heterocycles. The molecule has 1 atom stereocenters. The first-order valence-corrected chi connectivity index (χ1v) is 12.2. The van der Waals surface area contributed by atoms with Gasteiger partial charge in [-0.2, -0.15) is 0 Å². The van der Waals surface area contributed by atoms with E-state index in [1.54, 1.807) is 0 Å². The summed E-state index contributed by atoms with van der Waals surface area (Å²) in [5.41, 5.74) is 0.180. The summed E-state index contributed by atoms with van der Waals surface area (Å²) in [4.78, 5) is 12.0. The molecule has 3 nitrogen and oxygen atoms in total. The predicted molar refractivity (Wildman–Crippen MR) is 121 cm³/mol. The molecule has 0 unspecified atom stereocenters. The minimum atomic E-state index is -2.56. The van der Waals surface area contributed by atoms with Crippen molar-refractivity contribution in [2.24, 2.45) is 5.41 Å². The molecule has 2 aromatic rings. The molecule has 0 bridgehead atoms. The van der Waals surface area contributed by atoms with Crippen molar-refractivity contribution >= 4 is 24.7 Å². The second kappa shape index (κ2) is 7.92. The molecule has 3 rings (SSSR count). The van der Waals surface area contributed by atoms with E-state index in [0.717, 1.165) is 0 Å². The fourth-order valence-corrected chi connectivity index (χ4v) is 8.88. The monoisotopic (exact) mass is 408 g/mol. The zero-order chi connectivity index (χ0) is 21.3. The van der Waals surface area contributed by atoms with Crippen molar-refractivity contribution in [3.05, 3.63) is 72.8 Å². The highest BCUT2D eigenvalue weighted by Crippen LogP contribution is 2.41. The zero-order valence-electron chi connectivity index (χ0n) is 18.2. The van der Waals surface area contributed by atoms with Crippen molar-refractivity contribution in [2.75, 3.05) is 6.61 Å². The fourth-order valence-electron chi connectivity index (χ4n) is 4.31. The van der Waals surface area contributed by atoms with Gasteiger partial charge in [-0.25, -0.2) is 4.79 Å². The molecule has 0 N–H and O–H groups in total. The van der Waals surface area contributed by atoms with Crippen LogP contribution >= 0.6 is 0 Å². The first-order chi connectivity index (χ1) is 13.6. The number of carbonyl (C=O) groups excluding carboxylic acids is 1. The molecule has 2 aromatic carbocycles. The molecule has 0 saturated carbocycles. The van der Waals surface area contributed by atoms with Crippen LogP contribution in [0.2, 0.25) is 5.04 Å². The maximum Gasteiger partial charge on any atom is 0.334 e. The molecular formula is C25H32O3Si. The molecule has 1 saturated heterocycles. The second-order valence-corrected chi connectivity index (χ2v) is 13.7. The molecular weight excluding hydrogens is 376 g/mol. The van der Waals surface area contributed by atoms with E-state index in [4.69, 9.17) is 9.16 Å². The number of benzene rings is 2. The molecule has 0 aromatic heterocycles. The van der Waals surface area contributed by atoms with Gasteiger partial charge in [0.15, 0.2) is 0 Å². The van der Waals surface area contributed by atoms with E-state index in [0.29, 0.717) is 18.6 Å². The normalized spacial score (nSPS) is 19.3. The number of ether oxygens (including phenoxy) is 1. The summed E-state index contributed by atoms with van der Waals surface area (Å²) in [6.07, 6.45) is 0.447. The maximum atomic E-state index is 12.0. The van der Waals surface area contributed by atoms with Crippen LogP contribution in [0.4, 0.5) is 0 Å². The summed E-state index contributed by atoms with van der Waals surface area (Å²) >= 11 is 0. The minimum Gasteiger partial charge on any atom is -0.458 e. The Morgan fingerprint density at radius 3 is 1.86 bits per heavy atom. The molecule has 29 heavy (non-hydrogen) atoms. The fraction of sp³-hybridized carbons (Fsp3) is 0.400. The van der Waals surface area contributed by atoms with Crippen LogP contribution in [0.1, 0.15) is 41.0 Å². The number of hydrogen-bond donors (Lipinski definition) is 0. The number of carbonyl (C=O) groups is 1. The first-order valence-electron chi connectivity index (χ1n) is 10.3. The van der Waals surface area contributed by atoms with Gasteiger partial charge in [0.1, 0.15) is 6.10 Å². The van der Waals surface area contributed by atoms with Crippen molar-refractivity contribution in [1.29, 1.82) is 0 Å². The lowest BCUT2D eigenvalue weighted by atomic mass is 9.81. The summed E-state index contributed by atoms with van der Waals surface area (Å²) in [6.45, 7) is 15.3. The zero-order valence-corrected chi connectivity index (χ0v) is 19.2. The summed E-state index contributed by atoms with van der Waals surface area (Å²) in [5.74, 6) is -0.287. The third-order valence-corrected chi connectivity index (χ3v) is 11.2. The maximum absolute atomic E-state index is 12.0. The highest BCUT2D eigenvalue weighted by Gasteiger charge is 2.51. The quantitative estimate of drug-likeness (QED) is 0.402. The Hall–Kier alpha value is -2.17. The van der Waals surface area contributed by atoms with Gasteiger partial charge in [0, 0.05) is 24.0 Å². The van der Waals surface area contributed by atoms with E-state index in [2.05, 4.69) is 75.9 Å². The number of hydrogen-bond acceptors (Lipinski definition) is 3. The first kappa shape index (κ1) is 21.5. The molecule has 1 aliphatic rings. The van der Waals surface area contributed by atoms with Crippen molar-refractivity contribution in [2.45, 2.75) is 52.2 Å². The summed E-state index contributed by atoms with van der Waals surface area (Å²) in [5, 5.41) is 2.44. The Balaban J connectivity index is 1.95. The Bertz CT molecular complexity index is 826. The number of rotatable bonds is 6. The average Bonchev–Trinajstić information content (AvgIpc) is 2.88. The van der Waals surface area contributed by atoms with Gasteiger partial charge >= 0.3 is 5.97 Å². The molecule has 4 heteroatoms. The third kappa shape index (κ3) is 3.84. The van der Waals surface area contributed by atoms with E-state index in [1.165, 1.54) is 10.4 Å². The van der Waals surface area contributed by atoms with E-state index >= 15 is 0 Å². The van der Waals surface area contributed by atoms with Gasteiger partial charge in [0.05, 0.1) is 0 Å². The van der Waals surface area contributed by atoms with Crippen LogP contribution in [-0.2, 0) is 14.0 Å². The smallest absolute Gasteiger partial charge is 0.334 e. The highest BCUT2D eigenvalue weighted by atomic mass is 28.4. The average molecular weight is 409 g/mol. The third-order valence-electron chi connectivity index (χ3n) is 6.19. The van der Waals surface area contributed by atoms with Gasteiger partial charge in [-0.15, -0.1) is 0 Å². The van der Waals surface area contributed by atoms with Crippen molar-refractivity contribution in [3.63, 3.8) is 0 Å². The standard InChI is InChI=1S/C25H32O3Si/c1-19-23(26)28-22(25(19,5)6)17-18-27-29(24(2,3)4,20-13-9-7-10-14-20)21-15-11-8-12-16-21/h7-16,22H,1,17-18H2,2-6H3/t22-/m0/s1. The molecule has 0 amide bonds. The van der Waals surface area contributed by atoms with Crippen LogP contribution in [-0.4, -0.2) is 27.0 Å². The van der Waals surface area contributed by atoms with Crippen LogP contribution < -0.4 is 10.4 Å². The van der Waals surface area contributed by atoms with Crippen LogP contribution in [0.15, 0.2) is 72.8 Å². The Morgan fingerprint density at radius 2 is 1.48 bits per heavy atom. The molecule has 0 aliphatic carbocycles. The lowest BCUT2D eigenvalue weighted by molar-refractivity contribution is -0.140. The van der Waals surface area contributed by atoms with E-state index in [1.807, 2.05) is 26.0 Å². The van der Waals surface area contributed by atoms with Crippen molar-refractivity contribution in [3.8, 4) is 0 Å². The van der Waals surface area contributed by atoms with Gasteiger partial charge in [0.25, 0.3) is 8.32 Å². The molecule has 0 radical (unpaired) electrons. The second-order valence-electron chi connectivity index (χ2n) is 9.39. The van der Waals surface area contributed by atoms with Gasteiger partial charge in [0.2, 0.25) is 0 Å². The van der Waals surface area contributed by atoms with Gasteiger partial charge in [-0.3, -0.25) is 0 Å². The lowest BCUT2D eigenvalue weighted by Gasteiger charge is -2.43. The number of cyclic esters (lactones) is 1. The van der Waals surface area contributed by atoms with Crippen molar-refractivity contribution in [1.82, 2.24) is 0 Å². The van der Waals surface area contributed by atoms with E-state index in [-0.39, 0.29) is 22.5 Å². The van der Waals surface area contributed by atoms with E-state index < -0.39 is 8.32 Å². The van der Waals surface area contributed by atoms with Crippen LogP contribution in [0.25, 0.3) is 0 Å². The largest absolute Gasteiger partial charge is 0.458 e. The topological polar surface area (TPSA) is 35.5 Å². The Kier molecular flexibility index (Phi) is 5.88. The lowest BCUT2D eigenvalue weighted by Crippen LogP contribution is -2.66. The molecule has 1 fully saturated rings. The van der Waals surface area contributed by atoms with Gasteiger partial charge in [-0.1, -0.05) is 102 Å². The summed E-state index contributed by atoms with van der Waals surface area (Å²) in [6, 6.07) is 21.2. The Morgan fingerprint density at radius 1 is 1.00 bits per heavy atom. The minimum absolute atomic E-state index is 0.0683. The summed E-state index contributed by atoms with van der Waals surface area (Å²) < 4.78 is 12.5. The van der Waals surface area contributed by atoms with Crippen LogP contribution in [0.5, 0.6) is 0 Å². The molecule has 0 spiro atoms. The Labute approximate surface area is 175 Å². The van der Waals surface area contributed by atoms with Gasteiger partial charge in [-0.05, 0) is 15.4 Å². The van der Waals surface area contributed by atoms with Crippen molar-refractivity contribution < 1.29 is 14.0 Å². The number of esters is 1. The van der Waals surface area contributed by atoms with Crippen LogP contribution in [0.3, 0.4) is 0 Å². The predicted octanol–water partition coefficient (Wildman–Crippen LogP) is 4.46. The SMILES string of the molecule is C=C1C(=O)O[C@@H](CCO[Si](c2ccccc2)(c2ccccc2)C(C)(C)C)C1(C)C. The van der Waals surface area contributed by atoms with Crippen LogP contribution in [0, 0.1) is 5.41 Å². The highest BCUT2D eigenvalue weighted by molar-refractivity contribution is 6.99. The van der Waals surface area contributed by atoms with E-state index in [9.17, 15) is 4.79 Å². The molecule has 154 valence electrons.